The first-order chi connectivity index (χ1) is 20.5. The average molecular weight is 606 g/mol. The fourth-order valence-electron chi connectivity index (χ4n) is 5.43. The maximum Gasteiger partial charge on any atom is 0.181 e. The number of methoxy groups -OCH3 is 1. The minimum Gasteiger partial charge on any atom is -0.497 e. The van der Waals surface area contributed by atoms with Gasteiger partial charge >= 0.3 is 0 Å². The van der Waals surface area contributed by atoms with Crippen LogP contribution in [0, 0.1) is 11.7 Å². The molecular formula is C32H36FN5O4S. The number of nitrogens with one attached hydrogen (secondary N) is 1. The number of hydrogen-bond donors (Lipinski definition) is 1. The topological polar surface area (TPSA) is 105 Å². The molecule has 1 heterocycles. The number of Topliss-reactive ketones (excluding diaryl/α,β-unsaturated/α-hetero) is 1. The Labute approximate surface area is 251 Å². The first-order valence-electron chi connectivity index (χ1n) is 14.1. The number of fused-ring (bicyclic) bond motifs is 1. The molecule has 11 heteroatoms. The molecule has 43 heavy (non-hydrogen) atoms. The van der Waals surface area contributed by atoms with Crippen LogP contribution in [-0.2, 0) is 21.1 Å². The van der Waals surface area contributed by atoms with E-state index in [0.29, 0.717) is 59.1 Å². The highest BCUT2D eigenvalue weighted by molar-refractivity contribution is 7.92. The van der Waals surface area contributed by atoms with E-state index < -0.39 is 20.9 Å². The Hall–Kier alpha value is -4.09. The van der Waals surface area contributed by atoms with Crippen molar-refractivity contribution in [3.05, 3.63) is 78.2 Å². The number of hydrogen-bond acceptors (Lipinski definition) is 9. The van der Waals surface area contributed by atoms with Crippen LogP contribution in [0.15, 0.2) is 71.6 Å². The summed E-state index contributed by atoms with van der Waals surface area (Å²) >= 11 is 0. The summed E-state index contributed by atoms with van der Waals surface area (Å²) in [6, 6.07) is 18.5. The number of rotatable bonds is 12. The third kappa shape index (κ3) is 6.94. The highest BCUT2D eigenvalue weighted by atomic mass is 32.2. The molecule has 1 saturated carbocycles. The van der Waals surface area contributed by atoms with Crippen LogP contribution in [0.3, 0.4) is 0 Å². The van der Waals surface area contributed by atoms with Crippen LogP contribution in [0.5, 0.6) is 5.75 Å². The average Bonchev–Trinajstić information content (AvgIpc) is 2.94. The largest absolute Gasteiger partial charge is 0.497 e. The maximum absolute atomic E-state index is 14.2. The first kappa shape index (κ1) is 30.4. The predicted octanol–water partition coefficient (Wildman–Crippen LogP) is 4.88. The summed E-state index contributed by atoms with van der Waals surface area (Å²) in [7, 11) is 3.26. The van der Waals surface area contributed by atoms with Gasteiger partial charge in [0.15, 0.2) is 21.4 Å². The Kier molecular flexibility index (Phi) is 8.93. The highest BCUT2D eigenvalue weighted by Gasteiger charge is 2.42. The molecule has 0 spiro atoms. The first-order valence-corrected chi connectivity index (χ1v) is 15.7. The predicted molar refractivity (Wildman–Crippen MR) is 166 cm³/mol. The monoisotopic (exact) mass is 605 g/mol. The van der Waals surface area contributed by atoms with Crippen LogP contribution >= 0.6 is 0 Å². The highest BCUT2D eigenvalue weighted by Crippen LogP contribution is 2.40. The molecule has 4 aromatic rings. The lowest BCUT2D eigenvalue weighted by molar-refractivity contribution is -0.118. The minimum atomic E-state index is -3.66. The summed E-state index contributed by atoms with van der Waals surface area (Å²) in [5.74, 6) is 0.207. The molecule has 2 atom stereocenters. The van der Waals surface area contributed by atoms with Crippen molar-refractivity contribution in [3.8, 4) is 5.75 Å². The summed E-state index contributed by atoms with van der Waals surface area (Å²) in [5, 5.41) is 2.60. The van der Waals surface area contributed by atoms with E-state index in [1.807, 2.05) is 49.3 Å². The van der Waals surface area contributed by atoms with Gasteiger partial charge in [-0.2, -0.15) is 0 Å². The van der Waals surface area contributed by atoms with E-state index in [4.69, 9.17) is 14.7 Å². The molecule has 1 aliphatic carbocycles. The molecule has 1 fully saturated rings. The lowest BCUT2D eigenvalue weighted by atomic mass is 9.81. The molecule has 0 aliphatic heterocycles. The number of ketones is 1. The number of para-hydroxylation sites is 2. The quantitative estimate of drug-likeness (QED) is 0.242. The Bertz CT molecular complexity index is 1750. The molecule has 0 amide bonds. The van der Waals surface area contributed by atoms with Crippen molar-refractivity contribution in [2.24, 2.45) is 5.92 Å². The van der Waals surface area contributed by atoms with Gasteiger partial charge in [-0.25, -0.2) is 22.8 Å². The van der Waals surface area contributed by atoms with Crippen molar-refractivity contribution >= 4 is 43.8 Å². The van der Waals surface area contributed by atoms with Crippen LogP contribution in [-0.4, -0.2) is 75.7 Å². The standard InChI is InChI=1S/C32H36FN5O4S/c1-37(2)19-25(39)20-38(3)24-8-7-9-27(18-24)43(40,41)31-13-12-21(31)14-30-32(36-29-11-6-5-10-28(29)35-30)34-23-15-22(33)16-26(17-23)42-4/h5-11,15-18,21,31H,12-14,19-20H2,1-4H3,(H,34,36). The molecule has 3 aromatic carbocycles. The van der Waals surface area contributed by atoms with Crippen molar-refractivity contribution in [2.75, 3.05) is 51.6 Å². The van der Waals surface area contributed by atoms with E-state index >= 15 is 0 Å². The Morgan fingerprint density at radius 1 is 0.977 bits per heavy atom. The van der Waals surface area contributed by atoms with Crippen molar-refractivity contribution in [1.29, 1.82) is 0 Å². The molecule has 0 radical (unpaired) electrons. The van der Waals surface area contributed by atoms with Gasteiger partial charge in [-0.3, -0.25) is 4.79 Å². The van der Waals surface area contributed by atoms with Crippen molar-refractivity contribution in [3.63, 3.8) is 0 Å². The zero-order valence-corrected chi connectivity index (χ0v) is 25.6. The summed E-state index contributed by atoms with van der Waals surface area (Å²) in [6.45, 7) is 0.495. The fourth-order valence-corrected chi connectivity index (χ4v) is 7.52. The van der Waals surface area contributed by atoms with Gasteiger partial charge in [-0.1, -0.05) is 18.2 Å². The molecular weight excluding hydrogens is 569 g/mol. The van der Waals surface area contributed by atoms with Gasteiger partial charge in [-0.15, -0.1) is 0 Å². The number of sulfone groups is 1. The fraction of sp³-hybridized carbons (Fsp3) is 0.344. The molecule has 226 valence electrons. The Balaban J connectivity index is 1.39. The lowest BCUT2D eigenvalue weighted by Crippen LogP contribution is -2.40. The number of carbonyl (C=O) groups excluding carboxylic acids is 1. The number of likely N-dealkylation sites (N-methyl/N-ethyl adjacent to an activating group) is 2. The summed E-state index contributed by atoms with van der Waals surface area (Å²) in [6.07, 6.45) is 1.65. The number of carbonyl (C=O) groups is 1. The molecule has 1 aliphatic rings. The van der Waals surface area contributed by atoms with Gasteiger partial charge < -0.3 is 19.9 Å². The van der Waals surface area contributed by atoms with Gasteiger partial charge in [0.1, 0.15) is 11.6 Å². The molecule has 2 unspecified atom stereocenters. The number of nitrogens with zero attached hydrogens (tertiary/aromatic N) is 4. The second kappa shape index (κ2) is 12.6. The number of benzene rings is 3. The second-order valence-electron chi connectivity index (χ2n) is 11.3. The number of anilines is 3. The maximum atomic E-state index is 14.2. The molecule has 0 saturated heterocycles. The third-order valence-corrected chi connectivity index (χ3v) is 10.0. The van der Waals surface area contributed by atoms with Crippen LogP contribution < -0.4 is 15.0 Å². The second-order valence-corrected chi connectivity index (χ2v) is 13.4. The number of halogens is 1. The summed E-state index contributed by atoms with van der Waals surface area (Å²) in [4.78, 5) is 25.8. The van der Waals surface area contributed by atoms with Gasteiger partial charge in [0.25, 0.3) is 0 Å². The van der Waals surface area contributed by atoms with E-state index in [2.05, 4.69) is 5.32 Å². The summed E-state index contributed by atoms with van der Waals surface area (Å²) < 4.78 is 47.2. The van der Waals surface area contributed by atoms with Crippen LogP contribution in [0.1, 0.15) is 18.5 Å². The third-order valence-electron chi connectivity index (χ3n) is 7.71. The smallest absolute Gasteiger partial charge is 0.181 e. The number of ether oxygens (including phenoxy) is 1. The van der Waals surface area contributed by atoms with Crippen molar-refractivity contribution in [1.82, 2.24) is 14.9 Å². The minimum absolute atomic E-state index is 0.0393. The normalized spacial score (nSPS) is 16.6. The molecule has 9 nitrogen and oxygen atoms in total. The van der Waals surface area contributed by atoms with E-state index in [-0.39, 0.29) is 23.1 Å². The van der Waals surface area contributed by atoms with Crippen molar-refractivity contribution < 1.29 is 22.3 Å². The molecule has 5 rings (SSSR count). The van der Waals surface area contributed by atoms with Gasteiger partial charge in [0.2, 0.25) is 0 Å². The Morgan fingerprint density at radius 2 is 1.72 bits per heavy atom. The van der Waals surface area contributed by atoms with Gasteiger partial charge in [0.05, 0.1) is 47.1 Å². The van der Waals surface area contributed by atoms with Crippen LogP contribution in [0.25, 0.3) is 11.0 Å². The van der Waals surface area contributed by atoms with E-state index in [1.165, 1.54) is 19.2 Å². The van der Waals surface area contributed by atoms with Gasteiger partial charge in [-0.05, 0) is 75.7 Å². The summed E-state index contributed by atoms with van der Waals surface area (Å²) in [5.41, 5.74) is 3.09. The van der Waals surface area contributed by atoms with Crippen LogP contribution in [0.4, 0.5) is 21.6 Å². The Morgan fingerprint density at radius 3 is 2.40 bits per heavy atom. The van der Waals surface area contributed by atoms with Crippen molar-refractivity contribution in [2.45, 2.75) is 29.4 Å². The van der Waals surface area contributed by atoms with E-state index in [1.54, 1.807) is 36.2 Å². The van der Waals surface area contributed by atoms with Crippen LogP contribution in [0.2, 0.25) is 0 Å². The SMILES string of the molecule is COc1cc(F)cc(Nc2nc3ccccc3nc2CC2CCC2S(=O)(=O)c2cccc(N(C)CC(=O)CN(C)C)c2)c1. The molecule has 1 aromatic heterocycles. The van der Waals surface area contributed by atoms with Gasteiger partial charge in [0, 0.05) is 30.6 Å². The zero-order valence-electron chi connectivity index (χ0n) is 24.7. The molecule has 1 N–H and O–H groups in total. The van der Waals surface area contributed by atoms with E-state index in [9.17, 15) is 17.6 Å². The number of aromatic nitrogens is 2. The zero-order chi connectivity index (χ0) is 30.7. The molecule has 0 bridgehead atoms. The van der Waals surface area contributed by atoms with E-state index in [0.717, 1.165) is 6.42 Å². The lowest BCUT2D eigenvalue weighted by Gasteiger charge is -2.36.